The summed E-state index contributed by atoms with van der Waals surface area (Å²) in [6.07, 6.45) is 97.3. The minimum absolute atomic E-state index is 0.0936. The number of unbranched alkanes of at least 4 members (excludes halogenated alkanes) is 35. The van der Waals surface area contributed by atoms with E-state index in [0.717, 1.165) is 103 Å². The zero-order chi connectivity index (χ0) is 59.9. The molecule has 0 heterocycles. The molecule has 0 spiro atoms. The van der Waals surface area contributed by atoms with E-state index >= 15 is 0 Å². The van der Waals surface area contributed by atoms with Gasteiger partial charge in [-0.1, -0.05) is 323 Å². The van der Waals surface area contributed by atoms with Gasteiger partial charge in [0.05, 0.1) is 0 Å². The van der Waals surface area contributed by atoms with Gasteiger partial charge < -0.3 is 14.2 Å². The third kappa shape index (κ3) is 68.7. The Morgan fingerprint density at radius 3 is 0.771 bits per heavy atom. The molecule has 0 saturated heterocycles. The van der Waals surface area contributed by atoms with E-state index < -0.39 is 6.10 Å². The average Bonchev–Trinajstić information content (AvgIpc) is 3.49. The Kier molecular flexibility index (Phi) is 67.2. The van der Waals surface area contributed by atoms with Crippen molar-refractivity contribution in [3.63, 3.8) is 0 Å². The van der Waals surface area contributed by atoms with Gasteiger partial charge in [0.2, 0.25) is 0 Å². The molecule has 0 amide bonds. The van der Waals surface area contributed by atoms with Crippen LogP contribution in [0, 0.1) is 0 Å². The van der Waals surface area contributed by atoms with Gasteiger partial charge in [-0.05, 0) is 109 Å². The minimum Gasteiger partial charge on any atom is -0.462 e. The van der Waals surface area contributed by atoms with Crippen LogP contribution in [-0.4, -0.2) is 37.2 Å². The van der Waals surface area contributed by atoms with Crippen LogP contribution in [0.4, 0.5) is 0 Å². The Hall–Kier alpha value is -3.93. The molecule has 0 N–H and O–H groups in total. The number of ether oxygens (including phenoxy) is 3. The van der Waals surface area contributed by atoms with Crippen molar-refractivity contribution in [1.29, 1.82) is 0 Å². The highest BCUT2D eigenvalue weighted by Gasteiger charge is 2.19. The van der Waals surface area contributed by atoms with E-state index in [4.69, 9.17) is 14.2 Å². The molecule has 0 rings (SSSR count). The predicted octanol–water partition coefficient (Wildman–Crippen LogP) is 24.6. The molecule has 1 unspecified atom stereocenters. The van der Waals surface area contributed by atoms with Crippen LogP contribution in [0.2, 0.25) is 0 Å². The monoisotopic (exact) mass is 1150 g/mol. The molecule has 0 aromatic heterocycles. The molecule has 0 aliphatic rings. The van der Waals surface area contributed by atoms with E-state index in [9.17, 15) is 14.4 Å². The highest BCUT2D eigenvalue weighted by molar-refractivity contribution is 5.71. The number of rotatable bonds is 64. The summed E-state index contributed by atoms with van der Waals surface area (Å²) in [7, 11) is 0. The van der Waals surface area contributed by atoms with Crippen molar-refractivity contribution in [2.24, 2.45) is 0 Å². The first-order valence-electron chi connectivity index (χ1n) is 35.4. The molecule has 6 nitrogen and oxygen atoms in total. The number of allylic oxidation sites excluding steroid dienone is 18. The molecule has 6 heteroatoms. The Morgan fingerprint density at radius 1 is 0.253 bits per heavy atom. The molecule has 0 fully saturated rings. The Morgan fingerprint density at radius 2 is 0.470 bits per heavy atom. The molecule has 0 saturated carbocycles. The first-order chi connectivity index (χ1) is 41.0. The molecule has 1 atom stereocenters. The molecular weight excluding hydrogens is 1020 g/mol. The van der Waals surface area contributed by atoms with Crippen LogP contribution in [0.15, 0.2) is 109 Å². The second-order valence-corrected chi connectivity index (χ2v) is 23.4. The highest BCUT2D eigenvalue weighted by atomic mass is 16.6. The average molecular weight is 1150 g/mol. The molecule has 0 radical (unpaired) electrons. The summed E-state index contributed by atoms with van der Waals surface area (Å²) in [6, 6.07) is 0. The minimum atomic E-state index is -0.800. The van der Waals surface area contributed by atoms with Gasteiger partial charge in [0.15, 0.2) is 6.10 Å². The normalized spacial score (nSPS) is 12.8. The van der Waals surface area contributed by atoms with Crippen LogP contribution in [0.25, 0.3) is 0 Å². The zero-order valence-electron chi connectivity index (χ0n) is 54.7. The molecule has 0 aromatic carbocycles. The maximum atomic E-state index is 12.9. The van der Waals surface area contributed by atoms with Crippen LogP contribution in [-0.2, 0) is 28.6 Å². The number of carbonyl (C=O) groups is 3. The topological polar surface area (TPSA) is 78.9 Å². The van der Waals surface area contributed by atoms with Crippen LogP contribution in [0.1, 0.15) is 342 Å². The van der Waals surface area contributed by atoms with E-state index in [2.05, 4.69) is 130 Å². The third-order valence-corrected chi connectivity index (χ3v) is 15.3. The fourth-order valence-electron chi connectivity index (χ4n) is 9.99. The first kappa shape index (κ1) is 79.1. The lowest BCUT2D eigenvalue weighted by Gasteiger charge is -2.18. The van der Waals surface area contributed by atoms with E-state index in [1.807, 2.05) is 0 Å². The number of hydrogen-bond donors (Lipinski definition) is 0. The van der Waals surface area contributed by atoms with Crippen LogP contribution < -0.4 is 0 Å². The maximum Gasteiger partial charge on any atom is 0.306 e. The maximum absolute atomic E-state index is 12.9. The second-order valence-electron chi connectivity index (χ2n) is 23.4. The van der Waals surface area contributed by atoms with E-state index in [0.29, 0.717) is 19.3 Å². The van der Waals surface area contributed by atoms with Gasteiger partial charge in [-0.15, -0.1) is 0 Å². The highest BCUT2D eigenvalue weighted by Crippen LogP contribution is 2.17. The summed E-state index contributed by atoms with van der Waals surface area (Å²) < 4.78 is 16.8. The summed E-state index contributed by atoms with van der Waals surface area (Å²) >= 11 is 0. The lowest BCUT2D eigenvalue weighted by atomic mass is 10.0. The summed E-state index contributed by atoms with van der Waals surface area (Å²) in [5, 5.41) is 0. The summed E-state index contributed by atoms with van der Waals surface area (Å²) in [6.45, 7) is 6.48. The van der Waals surface area contributed by atoms with Crippen molar-refractivity contribution in [2.45, 2.75) is 348 Å². The largest absolute Gasteiger partial charge is 0.462 e. The van der Waals surface area contributed by atoms with E-state index in [1.54, 1.807) is 0 Å². The summed E-state index contributed by atoms with van der Waals surface area (Å²) in [4.78, 5) is 38.2. The lowest BCUT2D eigenvalue weighted by molar-refractivity contribution is -0.167. The number of hydrogen-bond acceptors (Lipinski definition) is 6. The SMILES string of the molecule is CC/C=C\C/C=C\C/C=C\C/C=C\C/C=C\C/C=C\C/C=C\C/C=C\CCCCC(=O)OC(COC(=O)CCCCCCCCC)COC(=O)CCCCCCCCCCCCCCCCCCCCC/C=C\CCCCCCCCCC. The molecular formula is C77H132O6. The molecule has 83 heavy (non-hydrogen) atoms. The van der Waals surface area contributed by atoms with Gasteiger partial charge in [0, 0.05) is 19.3 Å². The summed E-state index contributed by atoms with van der Waals surface area (Å²) in [5.74, 6) is -0.934. The van der Waals surface area contributed by atoms with Crippen molar-refractivity contribution >= 4 is 17.9 Å². The Bertz CT molecular complexity index is 1660. The van der Waals surface area contributed by atoms with Gasteiger partial charge >= 0.3 is 17.9 Å². The quantitative estimate of drug-likeness (QED) is 0.0261. The second kappa shape index (κ2) is 70.6. The first-order valence-corrected chi connectivity index (χ1v) is 35.4. The Labute approximate surface area is 514 Å². The van der Waals surface area contributed by atoms with Gasteiger partial charge in [-0.25, -0.2) is 0 Å². The fraction of sp³-hybridized carbons (Fsp3) is 0.727. The van der Waals surface area contributed by atoms with Crippen LogP contribution >= 0.6 is 0 Å². The van der Waals surface area contributed by atoms with E-state index in [1.165, 1.54) is 193 Å². The Balaban J connectivity index is 4.13. The fourth-order valence-corrected chi connectivity index (χ4v) is 9.99. The van der Waals surface area contributed by atoms with E-state index in [-0.39, 0.29) is 37.5 Å². The number of carbonyl (C=O) groups excluding carboxylic acids is 3. The molecule has 0 aliphatic heterocycles. The lowest BCUT2D eigenvalue weighted by Crippen LogP contribution is -2.30. The van der Waals surface area contributed by atoms with Gasteiger partial charge in [0.25, 0.3) is 0 Å². The predicted molar refractivity (Wildman–Crippen MR) is 362 cm³/mol. The molecule has 476 valence electrons. The molecule has 0 bridgehead atoms. The van der Waals surface area contributed by atoms with Crippen LogP contribution in [0.3, 0.4) is 0 Å². The van der Waals surface area contributed by atoms with Crippen molar-refractivity contribution in [3.05, 3.63) is 109 Å². The van der Waals surface area contributed by atoms with Crippen molar-refractivity contribution < 1.29 is 28.6 Å². The van der Waals surface area contributed by atoms with Gasteiger partial charge in [0.1, 0.15) is 13.2 Å². The summed E-state index contributed by atoms with van der Waals surface area (Å²) in [5.41, 5.74) is 0. The van der Waals surface area contributed by atoms with Crippen molar-refractivity contribution in [3.8, 4) is 0 Å². The standard InChI is InChI=1S/C77H132O6/c1-4-7-10-13-16-18-20-22-24-26-28-30-32-34-36-37-38-39-41-42-44-46-48-50-52-54-56-58-61-64-67-70-76(79)82-73-74(72-81-75(78)69-66-63-60-15-12-9-6-3)83-77(80)71-68-65-62-59-57-55-53-51-49-47-45-43-40-35-33-31-29-27-25-23-21-19-17-14-11-8-5-2/h8,11,17,19,23,25-26,28-29,31,35,40,45,47,51,53,57,59,74H,4-7,9-10,12-16,18,20-22,24,27,30,32-34,36-39,41-44,46,48-50,52,54-56,58,60-73H2,1-3H3/b11-8-,19-17-,25-23-,28-26-,31-29-,40-35-,47-45-,53-51-,59-57-. The van der Waals surface area contributed by atoms with Gasteiger partial charge in [-0.3, -0.25) is 14.4 Å². The van der Waals surface area contributed by atoms with Crippen LogP contribution in [0.5, 0.6) is 0 Å². The molecule has 0 aliphatic carbocycles. The number of esters is 3. The molecule has 0 aromatic rings. The van der Waals surface area contributed by atoms with Gasteiger partial charge in [-0.2, -0.15) is 0 Å². The van der Waals surface area contributed by atoms with Crippen molar-refractivity contribution in [2.75, 3.05) is 13.2 Å². The smallest absolute Gasteiger partial charge is 0.306 e. The van der Waals surface area contributed by atoms with Crippen molar-refractivity contribution in [1.82, 2.24) is 0 Å². The third-order valence-electron chi connectivity index (χ3n) is 15.3. The zero-order valence-corrected chi connectivity index (χ0v) is 54.7.